The van der Waals surface area contributed by atoms with Crippen molar-refractivity contribution in [2.45, 2.75) is 64.5 Å². The van der Waals surface area contributed by atoms with E-state index >= 15 is 0 Å². The summed E-state index contributed by atoms with van der Waals surface area (Å²) in [7, 11) is 0. The summed E-state index contributed by atoms with van der Waals surface area (Å²) in [6.45, 7) is 7.30. The average Bonchev–Trinajstić information content (AvgIpc) is 3.31. The molecule has 1 aliphatic carbocycles. The van der Waals surface area contributed by atoms with Crippen LogP contribution in [0.1, 0.15) is 73.4 Å². The molecule has 8 nitrogen and oxygen atoms in total. The summed E-state index contributed by atoms with van der Waals surface area (Å²) in [6, 6.07) is 7.32. The lowest BCUT2D eigenvalue weighted by molar-refractivity contribution is -0.133. The number of rotatable bonds is 9. The third-order valence-electron chi connectivity index (χ3n) is 8.68. The molecule has 1 aromatic carbocycles. The zero-order valence-corrected chi connectivity index (χ0v) is 23.9. The van der Waals surface area contributed by atoms with Crippen LogP contribution >= 0.6 is 11.3 Å². The number of β-amino-alcohol motifs (C(OH)–C–C–N with tert-alkyl or cyclic N) is 1. The number of fused-ring (bicyclic) bond motifs is 1. The normalized spacial score (nSPS) is 23.0. The molecule has 0 spiro atoms. The SMILES string of the molecule is CC(C)c1noc(N2CCC([C@H]3C[C@H]3CCOc3ccc(CC(=O)N4Cc5sccc5C(O)C4)c(F)c3)CC2)n1. The predicted molar refractivity (Wildman–Crippen MR) is 150 cm³/mol. The van der Waals surface area contributed by atoms with Crippen molar-refractivity contribution in [1.29, 1.82) is 0 Å². The maximum atomic E-state index is 14.8. The molecular weight excluding hydrogens is 531 g/mol. The van der Waals surface area contributed by atoms with E-state index in [0.29, 0.717) is 36.4 Å². The number of carbonyl (C=O) groups is 1. The number of hydrogen-bond donors (Lipinski definition) is 1. The van der Waals surface area contributed by atoms with Crippen LogP contribution in [0, 0.1) is 23.6 Å². The molecule has 6 rings (SSSR count). The van der Waals surface area contributed by atoms with Crippen molar-refractivity contribution in [2.75, 3.05) is 31.1 Å². The van der Waals surface area contributed by atoms with E-state index in [1.54, 1.807) is 17.0 Å². The molecule has 0 radical (unpaired) electrons. The van der Waals surface area contributed by atoms with Crippen LogP contribution in [0.15, 0.2) is 34.2 Å². The molecule has 10 heteroatoms. The average molecular weight is 569 g/mol. The smallest absolute Gasteiger partial charge is 0.324 e. The largest absolute Gasteiger partial charge is 0.493 e. The van der Waals surface area contributed by atoms with Gasteiger partial charge in [0.2, 0.25) is 5.91 Å². The zero-order valence-electron chi connectivity index (χ0n) is 23.1. The Morgan fingerprint density at radius 3 is 2.85 bits per heavy atom. The quantitative estimate of drug-likeness (QED) is 0.373. The summed E-state index contributed by atoms with van der Waals surface area (Å²) in [5.74, 6) is 3.02. The molecule has 1 saturated carbocycles. The number of aliphatic hydroxyl groups excluding tert-OH is 1. The molecule has 1 N–H and O–H groups in total. The molecule has 3 aromatic rings. The van der Waals surface area contributed by atoms with Crippen molar-refractivity contribution in [3.63, 3.8) is 0 Å². The van der Waals surface area contributed by atoms with E-state index in [-0.39, 0.29) is 24.8 Å². The van der Waals surface area contributed by atoms with Gasteiger partial charge >= 0.3 is 6.01 Å². The maximum Gasteiger partial charge on any atom is 0.324 e. The van der Waals surface area contributed by atoms with Crippen LogP contribution in [0.4, 0.5) is 10.4 Å². The molecule has 3 atom stereocenters. The number of aliphatic hydroxyl groups is 1. The lowest BCUT2D eigenvalue weighted by Gasteiger charge is -2.30. The maximum absolute atomic E-state index is 14.8. The first kappa shape index (κ1) is 27.2. The number of halogens is 1. The molecule has 2 aliphatic heterocycles. The fourth-order valence-corrected chi connectivity index (χ4v) is 7.11. The lowest BCUT2D eigenvalue weighted by atomic mass is 9.90. The molecule has 0 bridgehead atoms. The highest BCUT2D eigenvalue weighted by Gasteiger charge is 2.43. The highest BCUT2D eigenvalue weighted by molar-refractivity contribution is 7.10. The summed E-state index contributed by atoms with van der Waals surface area (Å²) in [4.78, 5) is 22.2. The standard InChI is InChI=1S/C30H37FN4O4S/c1-18(2)29-32-30(39-33-29)34-9-5-19(6-10-34)24-13-20(24)7-11-38-22-4-3-21(25(31)15-22)14-28(37)35-16-26(36)23-8-12-40-27(23)17-35/h3-4,8,12,15,18-20,24,26,36H,5-7,9-11,13-14,16-17H2,1-2H3/t20-,24-,26?/m1/s1. The Morgan fingerprint density at radius 1 is 1.27 bits per heavy atom. The minimum Gasteiger partial charge on any atom is -0.493 e. The predicted octanol–water partition coefficient (Wildman–Crippen LogP) is 5.33. The van der Waals surface area contributed by atoms with E-state index in [1.807, 2.05) is 11.4 Å². The Morgan fingerprint density at radius 2 is 2.10 bits per heavy atom. The first-order chi connectivity index (χ1) is 19.4. The Bertz CT molecular complexity index is 1330. The van der Waals surface area contributed by atoms with Crippen molar-refractivity contribution < 1.29 is 23.6 Å². The molecule has 2 aromatic heterocycles. The van der Waals surface area contributed by atoms with Crippen molar-refractivity contribution in [2.24, 2.45) is 17.8 Å². The third-order valence-corrected chi connectivity index (χ3v) is 9.60. The van der Waals surface area contributed by atoms with Gasteiger partial charge in [0.1, 0.15) is 11.6 Å². The third kappa shape index (κ3) is 5.88. The van der Waals surface area contributed by atoms with Crippen LogP contribution in [-0.4, -0.2) is 52.3 Å². The molecule has 1 unspecified atom stereocenters. The summed E-state index contributed by atoms with van der Waals surface area (Å²) in [6.07, 6.45) is 3.76. The Hall–Kier alpha value is -2.98. The van der Waals surface area contributed by atoms with E-state index in [9.17, 15) is 14.3 Å². The Kier molecular flexibility index (Phi) is 7.81. The second-order valence-electron chi connectivity index (χ2n) is 11.7. The number of amides is 1. The van der Waals surface area contributed by atoms with Crippen LogP contribution in [0.5, 0.6) is 5.75 Å². The van der Waals surface area contributed by atoms with Crippen LogP contribution in [0.25, 0.3) is 0 Å². The Labute approximate surface area is 238 Å². The highest BCUT2D eigenvalue weighted by atomic mass is 32.1. The molecule has 3 aliphatic rings. The molecule has 1 amide bonds. The number of nitrogens with zero attached hydrogens (tertiary/aromatic N) is 4. The number of carbonyl (C=O) groups excluding carboxylic acids is 1. The summed E-state index contributed by atoms with van der Waals surface area (Å²) in [5, 5.41) is 16.3. The van der Waals surface area contributed by atoms with Gasteiger partial charge in [-0.2, -0.15) is 4.98 Å². The van der Waals surface area contributed by atoms with Crippen molar-refractivity contribution in [1.82, 2.24) is 15.0 Å². The number of benzene rings is 1. The molecule has 4 heterocycles. The van der Waals surface area contributed by atoms with Gasteiger partial charge in [-0.05, 0) is 72.1 Å². The van der Waals surface area contributed by atoms with E-state index in [4.69, 9.17) is 9.26 Å². The highest BCUT2D eigenvalue weighted by Crippen LogP contribution is 2.50. The molecule has 40 heavy (non-hydrogen) atoms. The van der Waals surface area contributed by atoms with Gasteiger partial charge in [-0.3, -0.25) is 4.79 Å². The number of ether oxygens (including phenoxy) is 1. The number of thiophene rings is 1. The molecule has 1 saturated heterocycles. The first-order valence-corrected chi connectivity index (χ1v) is 15.3. The fourth-order valence-electron chi connectivity index (χ4n) is 6.16. The van der Waals surface area contributed by atoms with Gasteiger partial charge in [0.15, 0.2) is 5.82 Å². The van der Waals surface area contributed by atoms with Gasteiger partial charge < -0.3 is 24.2 Å². The van der Waals surface area contributed by atoms with Crippen molar-refractivity contribution in [3.8, 4) is 5.75 Å². The van der Waals surface area contributed by atoms with Gasteiger partial charge in [-0.25, -0.2) is 4.39 Å². The molecule has 214 valence electrons. The van der Waals surface area contributed by atoms with Crippen molar-refractivity contribution >= 4 is 23.3 Å². The van der Waals surface area contributed by atoms with Crippen LogP contribution < -0.4 is 9.64 Å². The van der Waals surface area contributed by atoms with Crippen LogP contribution in [-0.2, 0) is 17.8 Å². The summed E-state index contributed by atoms with van der Waals surface area (Å²) >= 11 is 1.53. The monoisotopic (exact) mass is 568 g/mol. The number of piperidine rings is 1. The second kappa shape index (κ2) is 11.5. The van der Waals surface area contributed by atoms with Gasteiger partial charge in [-0.15, -0.1) is 11.3 Å². The number of anilines is 1. The minimum absolute atomic E-state index is 0.0342. The number of hydrogen-bond acceptors (Lipinski definition) is 8. The summed E-state index contributed by atoms with van der Waals surface area (Å²) < 4.78 is 26.2. The van der Waals surface area contributed by atoms with E-state index in [2.05, 4.69) is 28.9 Å². The van der Waals surface area contributed by atoms with Gasteiger partial charge in [0.05, 0.1) is 32.2 Å². The van der Waals surface area contributed by atoms with E-state index < -0.39 is 11.9 Å². The molecular formula is C30H37FN4O4S. The van der Waals surface area contributed by atoms with Gasteiger partial charge in [0, 0.05) is 30.0 Å². The van der Waals surface area contributed by atoms with E-state index in [1.165, 1.54) is 23.8 Å². The fraction of sp³-hybridized carbons (Fsp3) is 0.567. The van der Waals surface area contributed by atoms with Crippen LogP contribution in [0.3, 0.4) is 0 Å². The minimum atomic E-state index is -0.687. The zero-order chi connectivity index (χ0) is 27.8. The van der Waals surface area contributed by atoms with Gasteiger partial charge in [-0.1, -0.05) is 25.1 Å². The second-order valence-corrected chi connectivity index (χ2v) is 12.7. The van der Waals surface area contributed by atoms with Gasteiger partial charge in [0.25, 0.3) is 0 Å². The molecule has 2 fully saturated rings. The van der Waals surface area contributed by atoms with E-state index in [0.717, 1.165) is 60.5 Å². The summed E-state index contributed by atoms with van der Waals surface area (Å²) in [5.41, 5.74) is 1.24. The van der Waals surface area contributed by atoms with Crippen LogP contribution in [0.2, 0.25) is 0 Å². The topological polar surface area (TPSA) is 91.9 Å². The van der Waals surface area contributed by atoms with Crippen molar-refractivity contribution in [3.05, 3.63) is 57.3 Å². The first-order valence-electron chi connectivity index (χ1n) is 14.4. The Balaban J connectivity index is 0.923. The lowest BCUT2D eigenvalue weighted by Crippen LogP contribution is -2.38. The number of aromatic nitrogens is 2.